The van der Waals surface area contributed by atoms with Crippen LogP contribution in [0.1, 0.15) is 12.8 Å². The molecule has 13 heavy (non-hydrogen) atoms. The summed E-state index contributed by atoms with van der Waals surface area (Å²) in [4.78, 5) is 0. The van der Waals surface area contributed by atoms with E-state index in [2.05, 4.69) is 12.2 Å². The molecule has 0 heterocycles. The molecule has 0 aromatic heterocycles. The summed E-state index contributed by atoms with van der Waals surface area (Å²) in [6.07, 6.45) is 6.63. The van der Waals surface area contributed by atoms with E-state index in [0.29, 0.717) is 5.92 Å². The molecule has 0 saturated heterocycles. The second kappa shape index (κ2) is 3.39. The third kappa shape index (κ3) is 1.38. The molecule has 2 bridgehead atoms. The molecule has 2 rings (SSSR count). The second-order valence-electron chi connectivity index (χ2n) is 3.80. The fourth-order valence-electron chi connectivity index (χ4n) is 2.49. The summed E-state index contributed by atoms with van der Waals surface area (Å²) in [6, 6.07) is 0. The molecular formula is C9H14ClO2Si. The Balaban J connectivity index is 2.18. The van der Waals surface area contributed by atoms with E-state index >= 15 is 0 Å². The average molecular weight is 218 g/mol. The van der Waals surface area contributed by atoms with Gasteiger partial charge in [0.15, 0.2) is 0 Å². The molecule has 0 aromatic carbocycles. The molecule has 1 saturated carbocycles. The maximum atomic E-state index is 6.21. The number of halogens is 1. The molecule has 1 fully saturated rings. The van der Waals surface area contributed by atoms with E-state index in [0.717, 1.165) is 12.8 Å². The highest BCUT2D eigenvalue weighted by molar-refractivity contribution is 6.50. The minimum absolute atomic E-state index is 0.144. The van der Waals surface area contributed by atoms with Gasteiger partial charge in [-0.2, -0.15) is 0 Å². The van der Waals surface area contributed by atoms with Gasteiger partial charge in [0.05, 0.1) is 0 Å². The fourth-order valence-corrected chi connectivity index (χ4v) is 5.07. The Labute approximate surface area is 85.7 Å². The smallest absolute Gasteiger partial charge is 0.395 e. The Morgan fingerprint density at radius 2 is 2.08 bits per heavy atom. The number of fused-ring (bicyclic) bond motifs is 2. The van der Waals surface area contributed by atoms with E-state index in [4.69, 9.17) is 20.5 Å². The predicted octanol–water partition coefficient (Wildman–Crippen LogP) is 2.09. The van der Waals surface area contributed by atoms with Crippen molar-refractivity contribution in [2.45, 2.75) is 23.3 Å². The maximum absolute atomic E-state index is 6.21. The van der Waals surface area contributed by atoms with E-state index in [9.17, 15) is 0 Å². The van der Waals surface area contributed by atoms with Crippen LogP contribution in [0.3, 0.4) is 0 Å². The van der Waals surface area contributed by atoms with Crippen molar-refractivity contribution in [3.63, 3.8) is 0 Å². The van der Waals surface area contributed by atoms with Crippen LogP contribution >= 0.6 is 11.6 Å². The van der Waals surface area contributed by atoms with E-state index in [1.807, 2.05) is 0 Å². The van der Waals surface area contributed by atoms with Gasteiger partial charge in [-0.3, -0.25) is 0 Å². The first kappa shape index (κ1) is 9.71. The lowest BCUT2D eigenvalue weighted by atomic mass is 10.1. The lowest BCUT2D eigenvalue weighted by molar-refractivity contribution is 0.251. The summed E-state index contributed by atoms with van der Waals surface area (Å²) < 4.78 is 10.8. The Morgan fingerprint density at radius 3 is 2.46 bits per heavy atom. The number of alkyl halides is 1. The molecule has 0 N–H and O–H groups in total. The van der Waals surface area contributed by atoms with Gasteiger partial charge in [0.25, 0.3) is 0 Å². The Morgan fingerprint density at radius 1 is 1.38 bits per heavy atom. The first-order chi connectivity index (χ1) is 6.22. The van der Waals surface area contributed by atoms with Crippen molar-refractivity contribution in [2.24, 2.45) is 5.92 Å². The van der Waals surface area contributed by atoms with Crippen molar-refractivity contribution >= 4 is 20.9 Å². The largest absolute Gasteiger partial charge is 0.396 e. The Kier molecular flexibility index (Phi) is 2.53. The van der Waals surface area contributed by atoms with Crippen LogP contribution in [0.2, 0.25) is 5.04 Å². The van der Waals surface area contributed by atoms with Gasteiger partial charge in [-0.05, 0) is 18.8 Å². The van der Waals surface area contributed by atoms with Crippen molar-refractivity contribution in [1.29, 1.82) is 0 Å². The van der Waals surface area contributed by atoms with E-state index in [1.165, 1.54) is 0 Å². The molecule has 2 aliphatic carbocycles. The predicted molar refractivity (Wildman–Crippen MR) is 54.0 cm³/mol. The van der Waals surface area contributed by atoms with Crippen LogP contribution in [0.4, 0.5) is 0 Å². The minimum Gasteiger partial charge on any atom is -0.396 e. The highest BCUT2D eigenvalue weighted by Gasteiger charge is 2.54. The molecule has 0 amide bonds. The summed E-state index contributed by atoms with van der Waals surface area (Å²) in [5, 5.41) is 0.431. The number of hydrogen-bond donors (Lipinski definition) is 0. The quantitative estimate of drug-likeness (QED) is 0.410. The van der Waals surface area contributed by atoms with Gasteiger partial charge in [0.2, 0.25) is 0 Å². The third-order valence-corrected chi connectivity index (χ3v) is 5.67. The summed E-state index contributed by atoms with van der Waals surface area (Å²) >= 11 is 6.21. The van der Waals surface area contributed by atoms with Gasteiger partial charge in [-0.25, -0.2) is 0 Å². The van der Waals surface area contributed by atoms with Crippen molar-refractivity contribution < 1.29 is 8.85 Å². The lowest BCUT2D eigenvalue weighted by Gasteiger charge is -2.28. The van der Waals surface area contributed by atoms with Crippen LogP contribution in [-0.2, 0) is 8.85 Å². The zero-order valence-corrected chi connectivity index (χ0v) is 9.67. The van der Waals surface area contributed by atoms with Crippen LogP contribution in [0.5, 0.6) is 0 Å². The van der Waals surface area contributed by atoms with Crippen molar-refractivity contribution in [3.05, 3.63) is 12.2 Å². The maximum Gasteiger partial charge on any atom is 0.395 e. The molecule has 0 aliphatic heterocycles. The van der Waals surface area contributed by atoms with Gasteiger partial charge in [0, 0.05) is 24.6 Å². The molecule has 73 valence electrons. The zero-order valence-electron chi connectivity index (χ0n) is 7.92. The normalized spacial score (nSPS) is 42.2. The molecule has 0 aromatic rings. The standard InChI is InChI=1S/C9H14ClO2Si/c1-11-13(12-2)9-4-3-7(5-9)8(10)6-9/h3-4,7-8H,5-6H2,1-2H3. The SMILES string of the molecule is CO[Si](OC)C12C=CC(C1)C(Cl)C2. The summed E-state index contributed by atoms with van der Waals surface area (Å²) in [5.41, 5.74) is 0. The van der Waals surface area contributed by atoms with E-state index in [-0.39, 0.29) is 10.4 Å². The molecule has 3 atom stereocenters. The molecule has 2 aliphatic rings. The topological polar surface area (TPSA) is 18.5 Å². The molecular weight excluding hydrogens is 204 g/mol. The van der Waals surface area contributed by atoms with Crippen LogP contribution < -0.4 is 0 Å². The number of allylic oxidation sites excluding steroid dienone is 2. The first-order valence-corrected chi connectivity index (χ1v) is 6.26. The molecule has 1 radical (unpaired) electrons. The van der Waals surface area contributed by atoms with Crippen molar-refractivity contribution in [3.8, 4) is 0 Å². The summed E-state index contributed by atoms with van der Waals surface area (Å²) in [5.74, 6) is 0.548. The number of hydrogen-bond acceptors (Lipinski definition) is 2. The monoisotopic (exact) mass is 217 g/mol. The van der Waals surface area contributed by atoms with Crippen molar-refractivity contribution in [2.75, 3.05) is 14.2 Å². The van der Waals surface area contributed by atoms with Crippen LogP contribution in [0, 0.1) is 5.92 Å². The van der Waals surface area contributed by atoms with Crippen LogP contribution in [0.15, 0.2) is 12.2 Å². The van der Waals surface area contributed by atoms with Gasteiger partial charge in [0.1, 0.15) is 0 Å². The van der Waals surface area contributed by atoms with Gasteiger partial charge < -0.3 is 8.85 Å². The van der Waals surface area contributed by atoms with Crippen molar-refractivity contribution in [1.82, 2.24) is 0 Å². The number of rotatable bonds is 3. The van der Waals surface area contributed by atoms with Crippen LogP contribution in [-0.4, -0.2) is 28.9 Å². The average Bonchev–Trinajstić information content (AvgIpc) is 2.64. The Bertz CT molecular complexity index is 230. The molecule has 0 spiro atoms. The molecule has 2 nitrogen and oxygen atoms in total. The highest BCUT2D eigenvalue weighted by Crippen LogP contribution is 2.58. The first-order valence-electron chi connectivity index (χ1n) is 4.51. The molecule has 3 unspecified atom stereocenters. The van der Waals surface area contributed by atoms with Gasteiger partial charge in [-0.1, -0.05) is 12.2 Å². The van der Waals surface area contributed by atoms with Crippen LogP contribution in [0.25, 0.3) is 0 Å². The lowest BCUT2D eigenvalue weighted by Crippen LogP contribution is -2.33. The summed E-state index contributed by atoms with van der Waals surface area (Å²) in [7, 11) is 2.29. The van der Waals surface area contributed by atoms with E-state index in [1.54, 1.807) is 14.2 Å². The summed E-state index contributed by atoms with van der Waals surface area (Å²) in [6.45, 7) is 0. The van der Waals surface area contributed by atoms with Gasteiger partial charge >= 0.3 is 9.28 Å². The molecule has 4 heteroatoms. The zero-order chi connectivity index (χ0) is 9.47. The minimum atomic E-state index is -1.17. The van der Waals surface area contributed by atoms with E-state index < -0.39 is 9.28 Å². The second-order valence-corrected chi connectivity index (χ2v) is 6.75. The fraction of sp³-hybridized carbons (Fsp3) is 0.778. The Hall–Kier alpha value is 0.167. The van der Waals surface area contributed by atoms with Gasteiger partial charge in [-0.15, -0.1) is 11.6 Å². The highest BCUT2D eigenvalue weighted by atomic mass is 35.5. The third-order valence-electron chi connectivity index (χ3n) is 3.06.